The number of nitrogens with zero attached hydrogens (tertiary/aromatic N) is 2. The van der Waals surface area contributed by atoms with Gasteiger partial charge in [-0.3, -0.25) is 4.99 Å². The Morgan fingerprint density at radius 2 is 2.00 bits per heavy atom. The van der Waals surface area contributed by atoms with Gasteiger partial charge in [0, 0.05) is 26.7 Å². The molecular weight excluding hydrogens is 238 g/mol. The van der Waals surface area contributed by atoms with Crippen LogP contribution < -0.4 is 5.32 Å². The van der Waals surface area contributed by atoms with E-state index in [4.69, 9.17) is 0 Å². The second-order valence-corrected chi connectivity index (χ2v) is 5.59. The summed E-state index contributed by atoms with van der Waals surface area (Å²) in [6.07, 6.45) is 1.13. The number of guanidine groups is 1. The molecule has 104 valence electrons. The smallest absolute Gasteiger partial charge is 0.193 e. The quantitative estimate of drug-likeness (QED) is 0.870. The van der Waals surface area contributed by atoms with Gasteiger partial charge in [0.15, 0.2) is 5.96 Å². The Balaban J connectivity index is 1.95. The first-order chi connectivity index (χ1) is 8.97. The lowest BCUT2D eigenvalue weighted by Gasteiger charge is -2.25. The number of hydrogen-bond acceptors (Lipinski definition) is 4. The molecule has 0 bridgehead atoms. The second kappa shape index (κ2) is 5.61. The third kappa shape index (κ3) is 3.70. The molecule has 0 amide bonds. The molecule has 1 aromatic carbocycles. The maximum Gasteiger partial charge on any atom is 0.193 e. The standard InChI is InChI=1S/C15H23N3O/c1-15(2,19)13-7-5-12(6-8-13)11-17-14-16-9-4-10-18(14)3/h5-8,19H,4,9-11H2,1-3H3,(H,16,17). The molecule has 19 heavy (non-hydrogen) atoms. The van der Waals surface area contributed by atoms with Crippen molar-refractivity contribution >= 4 is 5.96 Å². The number of rotatable bonds is 3. The van der Waals surface area contributed by atoms with Crippen LogP contribution in [0.1, 0.15) is 31.4 Å². The van der Waals surface area contributed by atoms with Gasteiger partial charge in [-0.25, -0.2) is 0 Å². The summed E-state index contributed by atoms with van der Waals surface area (Å²) in [5.74, 6) is 0.970. The lowest BCUT2D eigenvalue weighted by Crippen LogP contribution is -2.41. The van der Waals surface area contributed by atoms with Crippen LogP contribution in [0.4, 0.5) is 0 Å². The summed E-state index contributed by atoms with van der Waals surface area (Å²) in [6, 6.07) is 8.04. The lowest BCUT2D eigenvalue weighted by molar-refractivity contribution is 0.0786. The van der Waals surface area contributed by atoms with Crippen molar-refractivity contribution in [3.63, 3.8) is 0 Å². The Bertz CT molecular complexity index is 445. The Hall–Kier alpha value is -1.55. The molecule has 0 radical (unpaired) electrons. The zero-order chi connectivity index (χ0) is 13.9. The molecule has 0 fully saturated rings. The minimum atomic E-state index is -0.778. The van der Waals surface area contributed by atoms with E-state index < -0.39 is 5.60 Å². The highest BCUT2D eigenvalue weighted by molar-refractivity contribution is 5.80. The molecule has 1 aromatic rings. The van der Waals surface area contributed by atoms with E-state index in [2.05, 4.69) is 22.3 Å². The van der Waals surface area contributed by atoms with Crippen molar-refractivity contribution in [3.05, 3.63) is 35.4 Å². The van der Waals surface area contributed by atoms with Crippen LogP contribution in [0.2, 0.25) is 0 Å². The first-order valence-corrected chi connectivity index (χ1v) is 6.78. The summed E-state index contributed by atoms with van der Waals surface area (Å²) in [5, 5.41) is 13.3. The van der Waals surface area contributed by atoms with Crippen molar-refractivity contribution in [3.8, 4) is 0 Å². The monoisotopic (exact) mass is 261 g/mol. The maximum absolute atomic E-state index is 9.91. The van der Waals surface area contributed by atoms with Crippen molar-refractivity contribution in [2.75, 3.05) is 20.1 Å². The number of hydrogen-bond donors (Lipinski definition) is 2. The van der Waals surface area contributed by atoms with E-state index in [1.54, 1.807) is 13.8 Å². The first-order valence-electron chi connectivity index (χ1n) is 6.78. The van der Waals surface area contributed by atoms with Gasteiger partial charge in [-0.2, -0.15) is 0 Å². The molecule has 0 aromatic heterocycles. The number of nitrogens with one attached hydrogen (secondary N) is 1. The van der Waals surface area contributed by atoms with Gasteiger partial charge in [0.2, 0.25) is 0 Å². The van der Waals surface area contributed by atoms with Gasteiger partial charge in [-0.1, -0.05) is 24.3 Å². The van der Waals surface area contributed by atoms with Crippen LogP contribution >= 0.6 is 0 Å². The molecule has 1 aliphatic rings. The van der Waals surface area contributed by atoms with E-state index in [1.807, 2.05) is 24.3 Å². The van der Waals surface area contributed by atoms with Crippen LogP contribution in [0.3, 0.4) is 0 Å². The highest BCUT2D eigenvalue weighted by Crippen LogP contribution is 2.19. The van der Waals surface area contributed by atoms with E-state index in [-0.39, 0.29) is 0 Å². The molecule has 0 saturated heterocycles. The lowest BCUT2D eigenvalue weighted by atomic mass is 9.97. The molecule has 2 rings (SSSR count). The molecule has 0 atom stereocenters. The fourth-order valence-corrected chi connectivity index (χ4v) is 2.12. The zero-order valence-corrected chi connectivity index (χ0v) is 12.0. The Morgan fingerprint density at radius 1 is 1.32 bits per heavy atom. The van der Waals surface area contributed by atoms with Gasteiger partial charge in [-0.15, -0.1) is 0 Å². The number of aliphatic imine (C=N–C) groups is 1. The van der Waals surface area contributed by atoms with Crippen LogP contribution in [-0.2, 0) is 12.1 Å². The summed E-state index contributed by atoms with van der Waals surface area (Å²) in [5.41, 5.74) is 1.35. The van der Waals surface area contributed by atoms with E-state index in [9.17, 15) is 5.11 Å². The minimum absolute atomic E-state index is 0.759. The summed E-state index contributed by atoms with van der Waals surface area (Å²) in [6.45, 7) is 6.32. The molecule has 0 spiro atoms. The van der Waals surface area contributed by atoms with E-state index >= 15 is 0 Å². The molecule has 0 saturated carbocycles. The molecular formula is C15H23N3O. The van der Waals surface area contributed by atoms with Gasteiger partial charge in [-0.05, 0) is 31.4 Å². The van der Waals surface area contributed by atoms with Crippen LogP contribution in [-0.4, -0.2) is 36.1 Å². The average Bonchev–Trinajstić information content (AvgIpc) is 2.37. The summed E-state index contributed by atoms with van der Waals surface area (Å²) in [4.78, 5) is 6.62. The van der Waals surface area contributed by atoms with Crippen molar-refractivity contribution in [1.29, 1.82) is 0 Å². The average molecular weight is 261 g/mol. The van der Waals surface area contributed by atoms with Gasteiger partial charge in [0.1, 0.15) is 0 Å². The normalized spacial score (nSPS) is 16.2. The fourth-order valence-electron chi connectivity index (χ4n) is 2.12. The Labute approximate surface area is 115 Å². The van der Waals surface area contributed by atoms with E-state index in [0.717, 1.165) is 37.6 Å². The third-order valence-electron chi connectivity index (χ3n) is 3.39. The summed E-state index contributed by atoms with van der Waals surface area (Å²) in [7, 11) is 2.06. The third-order valence-corrected chi connectivity index (χ3v) is 3.39. The highest BCUT2D eigenvalue weighted by atomic mass is 16.3. The van der Waals surface area contributed by atoms with Crippen LogP contribution in [0.25, 0.3) is 0 Å². The SMILES string of the molecule is CN1CCCN=C1NCc1ccc(C(C)(C)O)cc1. The summed E-state index contributed by atoms with van der Waals surface area (Å²) < 4.78 is 0. The number of benzene rings is 1. The molecule has 1 heterocycles. The van der Waals surface area contributed by atoms with E-state index in [1.165, 1.54) is 5.56 Å². The van der Waals surface area contributed by atoms with Crippen molar-refractivity contribution in [2.45, 2.75) is 32.4 Å². The van der Waals surface area contributed by atoms with Gasteiger partial charge in [0.25, 0.3) is 0 Å². The van der Waals surface area contributed by atoms with Crippen molar-refractivity contribution in [1.82, 2.24) is 10.2 Å². The maximum atomic E-state index is 9.91. The highest BCUT2D eigenvalue weighted by Gasteiger charge is 2.15. The molecule has 0 aliphatic carbocycles. The van der Waals surface area contributed by atoms with Gasteiger partial charge >= 0.3 is 0 Å². The fraction of sp³-hybridized carbons (Fsp3) is 0.533. The topological polar surface area (TPSA) is 47.9 Å². The predicted octanol–water partition coefficient (Wildman–Crippen LogP) is 1.70. The van der Waals surface area contributed by atoms with Crippen LogP contribution in [0.15, 0.2) is 29.3 Å². The van der Waals surface area contributed by atoms with Gasteiger partial charge < -0.3 is 15.3 Å². The molecule has 1 aliphatic heterocycles. The van der Waals surface area contributed by atoms with E-state index in [0.29, 0.717) is 0 Å². The predicted molar refractivity (Wildman–Crippen MR) is 78.1 cm³/mol. The molecule has 0 unspecified atom stereocenters. The Morgan fingerprint density at radius 3 is 2.58 bits per heavy atom. The van der Waals surface area contributed by atoms with Gasteiger partial charge in [0.05, 0.1) is 5.60 Å². The molecule has 2 N–H and O–H groups in total. The molecule has 4 heteroatoms. The second-order valence-electron chi connectivity index (χ2n) is 5.59. The van der Waals surface area contributed by atoms with Crippen molar-refractivity contribution < 1.29 is 5.11 Å². The Kier molecular flexibility index (Phi) is 4.10. The van der Waals surface area contributed by atoms with Crippen molar-refractivity contribution in [2.24, 2.45) is 4.99 Å². The minimum Gasteiger partial charge on any atom is -0.386 e. The molecule has 4 nitrogen and oxygen atoms in total. The number of aliphatic hydroxyl groups is 1. The summed E-state index contributed by atoms with van der Waals surface area (Å²) >= 11 is 0. The zero-order valence-electron chi connectivity index (χ0n) is 12.0. The first kappa shape index (κ1) is 13.9. The van der Waals surface area contributed by atoms with Crippen LogP contribution in [0, 0.1) is 0 Å². The van der Waals surface area contributed by atoms with Crippen LogP contribution in [0.5, 0.6) is 0 Å². The largest absolute Gasteiger partial charge is 0.386 e.